The minimum atomic E-state index is -0.341. The van der Waals surface area contributed by atoms with Gasteiger partial charge in [-0.2, -0.15) is 10.2 Å². The lowest BCUT2D eigenvalue weighted by Gasteiger charge is -2.01. The normalized spacial score (nSPS) is 11.2. The van der Waals surface area contributed by atoms with Crippen LogP contribution in [0.5, 0.6) is 0 Å². The van der Waals surface area contributed by atoms with Crippen LogP contribution in [-0.4, -0.2) is 31.2 Å². The Hall–Kier alpha value is -4.14. The molecule has 0 fully saturated rings. The molecule has 0 radical (unpaired) electrons. The maximum absolute atomic E-state index is 13.3. The molecule has 0 bridgehead atoms. The Kier molecular flexibility index (Phi) is 5.17. The van der Waals surface area contributed by atoms with Gasteiger partial charge >= 0.3 is 0 Å². The van der Waals surface area contributed by atoms with E-state index in [1.54, 1.807) is 36.1 Å². The molecule has 0 atom stereocenters. The molecule has 0 aliphatic rings. The molecule has 30 heavy (non-hydrogen) atoms. The summed E-state index contributed by atoms with van der Waals surface area (Å²) in [5.74, 6) is -0.187. The summed E-state index contributed by atoms with van der Waals surface area (Å²) in [5.41, 5.74) is 6.77. The quantitative estimate of drug-likeness (QED) is 0.394. The smallest absolute Gasteiger partial charge is 0.274 e. The lowest BCUT2D eigenvalue weighted by atomic mass is 10.1. The van der Waals surface area contributed by atoms with Gasteiger partial charge in [-0.25, -0.2) is 14.5 Å². The first-order valence-corrected chi connectivity index (χ1v) is 9.15. The number of nitrogens with zero attached hydrogens (tertiary/aromatic N) is 5. The molecule has 0 saturated heterocycles. The zero-order valence-electron chi connectivity index (χ0n) is 16.3. The van der Waals surface area contributed by atoms with Crippen molar-refractivity contribution in [3.8, 4) is 16.9 Å². The van der Waals surface area contributed by atoms with E-state index >= 15 is 0 Å². The van der Waals surface area contributed by atoms with Gasteiger partial charge < -0.3 is 0 Å². The van der Waals surface area contributed by atoms with Crippen LogP contribution in [-0.2, 0) is 0 Å². The Morgan fingerprint density at radius 3 is 2.50 bits per heavy atom. The fraction of sp³-hybridized carbons (Fsp3) is 0.0952. The number of hydrogen-bond donors (Lipinski definition) is 2. The van der Waals surface area contributed by atoms with Gasteiger partial charge in [-0.3, -0.25) is 9.78 Å². The van der Waals surface area contributed by atoms with E-state index in [0.29, 0.717) is 11.4 Å². The number of aromatic nitrogens is 5. The van der Waals surface area contributed by atoms with Crippen LogP contribution in [0.2, 0.25) is 0 Å². The second-order valence-electron chi connectivity index (χ2n) is 6.68. The maximum atomic E-state index is 13.3. The van der Waals surface area contributed by atoms with E-state index in [0.717, 1.165) is 16.7 Å². The number of hydrogen-bond acceptors (Lipinski definition) is 6. The molecule has 9 heteroatoms. The summed E-state index contributed by atoms with van der Waals surface area (Å²) in [5, 5.41) is 16.4. The third-order valence-corrected chi connectivity index (χ3v) is 4.39. The van der Waals surface area contributed by atoms with Crippen molar-refractivity contribution in [1.29, 1.82) is 0 Å². The molecule has 0 amide bonds. The first kappa shape index (κ1) is 19.2. The third kappa shape index (κ3) is 4.14. The van der Waals surface area contributed by atoms with Crippen LogP contribution in [0.3, 0.4) is 0 Å². The van der Waals surface area contributed by atoms with Crippen molar-refractivity contribution >= 4 is 12.2 Å². The number of aromatic amines is 1. The molecule has 150 valence electrons. The van der Waals surface area contributed by atoms with E-state index in [1.807, 2.05) is 31.2 Å². The first-order valence-electron chi connectivity index (χ1n) is 9.15. The molecule has 4 rings (SSSR count). The number of nitrogens with one attached hydrogen (secondary N) is 2. The highest BCUT2D eigenvalue weighted by Crippen LogP contribution is 2.23. The first-order chi connectivity index (χ1) is 14.5. The standard InChI is InChI=1S/C21H18FN7O/c1-13-3-5-15(6-4-13)19-16(11-23-26-21-24-20(30)14(2)25-27-21)12-29(28-19)18-9-7-17(22)8-10-18/h3-12H,1-2H3,(H2,24,26,27,30)/b23-11-. The zero-order valence-corrected chi connectivity index (χ0v) is 16.3. The van der Waals surface area contributed by atoms with Crippen molar-refractivity contribution in [2.45, 2.75) is 13.8 Å². The predicted octanol–water partition coefficient (Wildman–Crippen LogP) is 3.22. The molecule has 0 spiro atoms. The predicted molar refractivity (Wildman–Crippen MR) is 112 cm³/mol. The van der Waals surface area contributed by atoms with Crippen LogP contribution in [0.4, 0.5) is 10.3 Å². The summed E-state index contributed by atoms with van der Waals surface area (Å²) in [6.07, 6.45) is 3.36. The van der Waals surface area contributed by atoms with Gasteiger partial charge in [0.25, 0.3) is 5.56 Å². The van der Waals surface area contributed by atoms with Gasteiger partial charge in [-0.1, -0.05) is 29.8 Å². The van der Waals surface area contributed by atoms with Crippen LogP contribution in [0.25, 0.3) is 16.9 Å². The zero-order chi connectivity index (χ0) is 21.1. The number of H-pyrrole nitrogens is 1. The monoisotopic (exact) mass is 403 g/mol. The Labute approximate surface area is 171 Å². The lowest BCUT2D eigenvalue weighted by molar-refractivity contribution is 0.627. The largest absolute Gasteiger partial charge is 0.288 e. The van der Waals surface area contributed by atoms with Crippen LogP contribution in [0.1, 0.15) is 16.8 Å². The third-order valence-electron chi connectivity index (χ3n) is 4.39. The average Bonchev–Trinajstić information content (AvgIpc) is 3.16. The molecular weight excluding hydrogens is 385 g/mol. The van der Waals surface area contributed by atoms with Crippen molar-refractivity contribution in [2.24, 2.45) is 5.10 Å². The Balaban J connectivity index is 1.68. The summed E-state index contributed by atoms with van der Waals surface area (Å²) in [6, 6.07) is 14.0. The summed E-state index contributed by atoms with van der Waals surface area (Å²) >= 11 is 0. The molecule has 0 aliphatic heterocycles. The molecule has 2 N–H and O–H groups in total. The van der Waals surface area contributed by atoms with Crippen molar-refractivity contribution in [3.05, 3.63) is 87.7 Å². The van der Waals surface area contributed by atoms with Crippen molar-refractivity contribution in [3.63, 3.8) is 0 Å². The van der Waals surface area contributed by atoms with E-state index in [-0.39, 0.29) is 23.0 Å². The fourth-order valence-corrected chi connectivity index (χ4v) is 2.75. The Bertz CT molecular complexity index is 1260. The van der Waals surface area contributed by atoms with Crippen molar-refractivity contribution in [1.82, 2.24) is 25.0 Å². The second kappa shape index (κ2) is 8.08. The molecule has 2 heterocycles. The summed E-state index contributed by atoms with van der Waals surface area (Å²) in [6.45, 7) is 3.58. The number of aryl methyl sites for hydroxylation is 2. The Morgan fingerprint density at radius 1 is 1.07 bits per heavy atom. The SMILES string of the molecule is Cc1ccc(-c2nn(-c3ccc(F)cc3)cc2/C=N\Nc2nnc(C)c(=O)[nH]2)cc1. The minimum absolute atomic E-state index is 0.129. The second-order valence-corrected chi connectivity index (χ2v) is 6.68. The molecule has 4 aromatic rings. The highest BCUT2D eigenvalue weighted by Gasteiger charge is 2.11. The number of hydrazone groups is 1. The van der Waals surface area contributed by atoms with E-state index in [2.05, 4.69) is 30.8 Å². The fourth-order valence-electron chi connectivity index (χ4n) is 2.75. The van der Waals surface area contributed by atoms with E-state index < -0.39 is 0 Å². The topological polar surface area (TPSA) is 101 Å². The van der Waals surface area contributed by atoms with Crippen LogP contribution in [0, 0.1) is 19.7 Å². The molecule has 0 aliphatic carbocycles. The maximum Gasteiger partial charge on any atom is 0.274 e. The van der Waals surface area contributed by atoms with Gasteiger partial charge in [0, 0.05) is 17.3 Å². The number of anilines is 1. The highest BCUT2D eigenvalue weighted by molar-refractivity contribution is 5.89. The number of rotatable bonds is 5. The van der Waals surface area contributed by atoms with Gasteiger partial charge in [0.05, 0.1) is 11.9 Å². The number of halogens is 1. The van der Waals surface area contributed by atoms with Gasteiger partial charge in [0.2, 0.25) is 5.95 Å². The summed E-state index contributed by atoms with van der Waals surface area (Å²) in [7, 11) is 0. The summed E-state index contributed by atoms with van der Waals surface area (Å²) < 4.78 is 14.9. The summed E-state index contributed by atoms with van der Waals surface area (Å²) in [4.78, 5) is 14.2. The Morgan fingerprint density at radius 2 is 1.80 bits per heavy atom. The van der Waals surface area contributed by atoms with Gasteiger partial charge in [0.1, 0.15) is 17.2 Å². The molecule has 0 saturated carbocycles. The minimum Gasteiger partial charge on any atom is -0.288 e. The van der Waals surface area contributed by atoms with Crippen LogP contribution < -0.4 is 11.0 Å². The molecule has 2 aromatic heterocycles. The average molecular weight is 403 g/mol. The van der Waals surface area contributed by atoms with E-state index in [1.165, 1.54) is 12.1 Å². The highest BCUT2D eigenvalue weighted by atomic mass is 19.1. The molecule has 2 aromatic carbocycles. The lowest BCUT2D eigenvalue weighted by Crippen LogP contribution is -2.15. The number of benzene rings is 2. The van der Waals surface area contributed by atoms with Crippen LogP contribution in [0.15, 0.2) is 64.6 Å². The molecular formula is C21H18FN7O. The van der Waals surface area contributed by atoms with Crippen molar-refractivity contribution in [2.75, 3.05) is 5.43 Å². The van der Waals surface area contributed by atoms with Crippen LogP contribution >= 0.6 is 0 Å². The molecule has 8 nitrogen and oxygen atoms in total. The van der Waals surface area contributed by atoms with Gasteiger partial charge in [-0.05, 0) is 38.1 Å². The van der Waals surface area contributed by atoms with Gasteiger partial charge in [-0.15, -0.1) is 10.2 Å². The molecule has 0 unspecified atom stereocenters. The van der Waals surface area contributed by atoms with E-state index in [4.69, 9.17) is 0 Å². The van der Waals surface area contributed by atoms with Crippen molar-refractivity contribution < 1.29 is 4.39 Å². The van der Waals surface area contributed by atoms with Gasteiger partial charge in [0.15, 0.2) is 0 Å². The van der Waals surface area contributed by atoms with E-state index in [9.17, 15) is 9.18 Å².